The lowest BCUT2D eigenvalue weighted by Crippen LogP contribution is -2.45. The van der Waals surface area contributed by atoms with E-state index in [0.717, 1.165) is 5.56 Å². The number of carbonyl (C=O) groups is 1. The maximum Gasteiger partial charge on any atom is 0.274 e. The molecule has 0 spiro atoms. The second-order valence-corrected chi connectivity index (χ2v) is 9.71. The zero-order chi connectivity index (χ0) is 25.6. The number of hydrogen-bond acceptors (Lipinski definition) is 6. The molecule has 2 N–H and O–H groups in total. The SMILES string of the molecule is CCOc1ccc(S(=O)(=O)N[C@@H](Cc2ccccc2)C(=O)Nc2cccc([N+](=O)[O-])c2C)cc1Cl. The molecule has 0 aliphatic rings. The van der Waals surface area contributed by atoms with Crippen LogP contribution in [0, 0.1) is 17.0 Å². The lowest BCUT2D eigenvalue weighted by atomic mass is 10.1. The maximum absolute atomic E-state index is 13.2. The number of nitro groups is 1. The number of nitrogens with one attached hydrogen (secondary N) is 2. The molecule has 35 heavy (non-hydrogen) atoms. The molecule has 3 aromatic carbocycles. The van der Waals surface area contributed by atoms with Gasteiger partial charge in [0.25, 0.3) is 5.69 Å². The van der Waals surface area contributed by atoms with Crippen molar-refractivity contribution in [3.8, 4) is 5.75 Å². The van der Waals surface area contributed by atoms with Gasteiger partial charge in [-0.3, -0.25) is 14.9 Å². The molecule has 11 heteroatoms. The van der Waals surface area contributed by atoms with Gasteiger partial charge < -0.3 is 10.1 Å². The molecule has 0 saturated heterocycles. The molecule has 0 heterocycles. The summed E-state index contributed by atoms with van der Waals surface area (Å²) in [5.41, 5.74) is 1.03. The Morgan fingerprint density at radius 3 is 2.46 bits per heavy atom. The third-order valence-electron chi connectivity index (χ3n) is 5.17. The van der Waals surface area contributed by atoms with E-state index in [0.29, 0.717) is 12.4 Å². The Labute approximate surface area is 208 Å². The first kappa shape index (κ1) is 26.1. The van der Waals surface area contributed by atoms with Crippen molar-refractivity contribution in [3.63, 3.8) is 0 Å². The lowest BCUT2D eigenvalue weighted by Gasteiger charge is -2.20. The van der Waals surface area contributed by atoms with Gasteiger partial charge in [-0.25, -0.2) is 8.42 Å². The van der Waals surface area contributed by atoms with E-state index >= 15 is 0 Å². The summed E-state index contributed by atoms with van der Waals surface area (Å²) in [4.78, 5) is 23.8. The molecule has 1 atom stereocenters. The first-order chi connectivity index (χ1) is 16.6. The predicted octanol–water partition coefficient (Wildman–Crippen LogP) is 4.48. The molecule has 0 aliphatic carbocycles. The fourth-order valence-corrected chi connectivity index (χ4v) is 4.91. The van der Waals surface area contributed by atoms with Crippen molar-refractivity contribution in [2.24, 2.45) is 0 Å². The summed E-state index contributed by atoms with van der Waals surface area (Å²) in [5, 5.41) is 14.0. The summed E-state index contributed by atoms with van der Waals surface area (Å²) in [6.45, 7) is 3.64. The highest BCUT2D eigenvalue weighted by atomic mass is 35.5. The highest BCUT2D eigenvalue weighted by Gasteiger charge is 2.28. The number of rotatable bonds is 10. The second-order valence-electron chi connectivity index (χ2n) is 7.58. The number of sulfonamides is 1. The second kappa shape index (κ2) is 11.3. The van der Waals surface area contributed by atoms with Crippen LogP contribution in [0.1, 0.15) is 18.1 Å². The molecule has 184 valence electrons. The van der Waals surface area contributed by atoms with Crippen molar-refractivity contribution in [1.82, 2.24) is 4.72 Å². The van der Waals surface area contributed by atoms with Crippen molar-refractivity contribution in [1.29, 1.82) is 0 Å². The van der Waals surface area contributed by atoms with Crippen LogP contribution in [0.3, 0.4) is 0 Å². The minimum Gasteiger partial charge on any atom is -0.492 e. The standard InChI is InChI=1S/C24H24ClN3O6S/c1-3-34-23-13-12-18(15-19(23)25)35(32,33)27-21(14-17-8-5-4-6-9-17)24(29)26-20-10-7-11-22(16(20)2)28(30)31/h4-13,15,21,27H,3,14H2,1-2H3,(H,26,29)/t21-/m0/s1. The van der Waals surface area contributed by atoms with E-state index in [-0.39, 0.29) is 33.3 Å². The molecular weight excluding hydrogens is 494 g/mol. The number of benzene rings is 3. The molecule has 0 aliphatic heterocycles. The molecule has 0 bridgehead atoms. The number of amides is 1. The van der Waals surface area contributed by atoms with E-state index < -0.39 is 26.9 Å². The first-order valence-electron chi connectivity index (χ1n) is 10.7. The third kappa shape index (κ3) is 6.56. The molecule has 1 amide bonds. The van der Waals surface area contributed by atoms with E-state index in [9.17, 15) is 23.3 Å². The topological polar surface area (TPSA) is 128 Å². The van der Waals surface area contributed by atoms with Gasteiger partial charge in [-0.05, 0) is 50.1 Å². The summed E-state index contributed by atoms with van der Waals surface area (Å²) in [6.07, 6.45) is 0.0463. The highest BCUT2D eigenvalue weighted by molar-refractivity contribution is 7.89. The zero-order valence-electron chi connectivity index (χ0n) is 19.0. The maximum atomic E-state index is 13.2. The minimum atomic E-state index is -4.16. The van der Waals surface area contributed by atoms with Crippen LogP contribution in [0.2, 0.25) is 5.02 Å². The third-order valence-corrected chi connectivity index (χ3v) is 6.93. The summed E-state index contributed by atoms with van der Waals surface area (Å²) in [6, 6.07) is 16.0. The number of nitro benzene ring substituents is 1. The van der Waals surface area contributed by atoms with Crippen molar-refractivity contribution in [2.75, 3.05) is 11.9 Å². The van der Waals surface area contributed by atoms with Gasteiger partial charge in [-0.2, -0.15) is 4.72 Å². The molecule has 0 saturated carbocycles. The van der Waals surface area contributed by atoms with E-state index in [2.05, 4.69) is 10.0 Å². The zero-order valence-corrected chi connectivity index (χ0v) is 20.6. The summed E-state index contributed by atoms with van der Waals surface area (Å²) in [7, 11) is -4.16. The summed E-state index contributed by atoms with van der Waals surface area (Å²) < 4.78 is 34.1. The summed E-state index contributed by atoms with van der Waals surface area (Å²) in [5.74, 6) is -0.328. The molecular formula is C24H24ClN3O6S. The molecule has 0 fully saturated rings. The van der Waals surface area contributed by atoms with Gasteiger partial charge in [-0.1, -0.05) is 48.0 Å². The van der Waals surface area contributed by atoms with Gasteiger partial charge in [0.2, 0.25) is 15.9 Å². The quantitative estimate of drug-likeness (QED) is 0.301. The van der Waals surface area contributed by atoms with Crippen LogP contribution in [-0.2, 0) is 21.2 Å². The Morgan fingerprint density at radius 1 is 1.11 bits per heavy atom. The number of ether oxygens (including phenoxy) is 1. The van der Waals surface area contributed by atoms with Crippen molar-refractivity contribution < 1.29 is 22.9 Å². The van der Waals surface area contributed by atoms with Gasteiger partial charge in [0.15, 0.2) is 0 Å². The number of nitrogens with zero attached hydrogens (tertiary/aromatic N) is 1. The first-order valence-corrected chi connectivity index (χ1v) is 12.5. The Balaban J connectivity index is 1.91. The number of halogens is 1. The normalized spacial score (nSPS) is 12.1. The van der Waals surface area contributed by atoms with Crippen LogP contribution >= 0.6 is 11.6 Å². The van der Waals surface area contributed by atoms with E-state index in [1.807, 2.05) is 0 Å². The van der Waals surface area contributed by atoms with Crippen LogP contribution in [0.4, 0.5) is 11.4 Å². The number of hydrogen-bond donors (Lipinski definition) is 2. The smallest absolute Gasteiger partial charge is 0.274 e. The fourth-order valence-electron chi connectivity index (χ4n) is 3.39. The molecule has 0 radical (unpaired) electrons. The van der Waals surface area contributed by atoms with Gasteiger partial charge in [0.1, 0.15) is 11.8 Å². The molecule has 0 aromatic heterocycles. The van der Waals surface area contributed by atoms with Crippen molar-refractivity contribution >= 4 is 38.9 Å². The van der Waals surface area contributed by atoms with Gasteiger partial charge >= 0.3 is 0 Å². The number of carbonyl (C=O) groups excluding carboxylic acids is 1. The van der Waals surface area contributed by atoms with E-state index in [1.54, 1.807) is 37.3 Å². The molecule has 3 rings (SSSR count). The van der Waals surface area contributed by atoms with Gasteiger partial charge in [0.05, 0.1) is 32.7 Å². The van der Waals surface area contributed by atoms with E-state index in [1.165, 1.54) is 43.3 Å². The van der Waals surface area contributed by atoms with Crippen LogP contribution in [0.25, 0.3) is 0 Å². The van der Waals surface area contributed by atoms with E-state index in [4.69, 9.17) is 16.3 Å². The molecule has 9 nitrogen and oxygen atoms in total. The average molecular weight is 518 g/mol. The largest absolute Gasteiger partial charge is 0.492 e. The fraction of sp³-hybridized carbons (Fsp3) is 0.208. The van der Waals surface area contributed by atoms with Crippen LogP contribution < -0.4 is 14.8 Å². The molecule has 3 aromatic rings. The Hall–Kier alpha value is -3.47. The van der Waals surface area contributed by atoms with Gasteiger partial charge in [-0.15, -0.1) is 0 Å². The van der Waals surface area contributed by atoms with Gasteiger partial charge in [0, 0.05) is 6.07 Å². The minimum absolute atomic E-state index is 0.0463. The Kier molecular flexibility index (Phi) is 8.44. The number of anilines is 1. The highest BCUT2D eigenvalue weighted by Crippen LogP contribution is 2.28. The van der Waals surface area contributed by atoms with Crippen molar-refractivity contribution in [3.05, 3.63) is 93.0 Å². The van der Waals surface area contributed by atoms with Crippen LogP contribution in [0.5, 0.6) is 5.75 Å². The lowest BCUT2D eigenvalue weighted by molar-refractivity contribution is -0.385. The molecule has 0 unspecified atom stereocenters. The van der Waals surface area contributed by atoms with Crippen molar-refractivity contribution in [2.45, 2.75) is 31.2 Å². The average Bonchev–Trinajstić information content (AvgIpc) is 2.81. The Bertz CT molecular complexity index is 1330. The Morgan fingerprint density at radius 2 is 1.83 bits per heavy atom. The summed E-state index contributed by atoms with van der Waals surface area (Å²) >= 11 is 6.16. The predicted molar refractivity (Wildman–Crippen MR) is 133 cm³/mol. The monoisotopic (exact) mass is 517 g/mol. The van der Waals surface area contributed by atoms with Crippen LogP contribution in [-0.4, -0.2) is 31.9 Å². The van der Waals surface area contributed by atoms with Crippen LogP contribution in [0.15, 0.2) is 71.6 Å².